The molecule has 0 aromatic heterocycles. The first-order valence-corrected chi connectivity index (χ1v) is 7.55. The van der Waals surface area contributed by atoms with E-state index in [9.17, 15) is 9.59 Å². The molecule has 2 saturated heterocycles. The molecule has 112 valence electrons. The minimum absolute atomic E-state index is 0.0152. The van der Waals surface area contributed by atoms with Gasteiger partial charge in [0.1, 0.15) is 18.3 Å². The zero-order valence-electron chi connectivity index (χ0n) is 12.2. The molecule has 2 heterocycles. The molecule has 0 aliphatic carbocycles. The second-order valence-corrected chi connectivity index (χ2v) is 5.42. The number of hydrogen-bond donors (Lipinski definition) is 0. The number of ether oxygens (including phenoxy) is 1. The molecule has 2 aliphatic rings. The summed E-state index contributed by atoms with van der Waals surface area (Å²) in [4.78, 5) is 28.4. The molecule has 1 unspecified atom stereocenters. The lowest BCUT2D eigenvalue weighted by Gasteiger charge is -2.42. The van der Waals surface area contributed by atoms with Crippen LogP contribution in [0.5, 0.6) is 5.75 Å². The van der Waals surface area contributed by atoms with Gasteiger partial charge in [0.25, 0.3) is 0 Å². The summed E-state index contributed by atoms with van der Waals surface area (Å²) in [6, 6.07) is 7.12. The molecule has 0 spiro atoms. The topological polar surface area (TPSA) is 49.9 Å². The number of benzene rings is 1. The minimum atomic E-state index is -0.297. The van der Waals surface area contributed by atoms with E-state index < -0.39 is 0 Å². The van der Waals surface area contributed by atoms with Crippen LogP contribution in [0.2, 0.25) is 0 Å². The van der Waals surface area contributed by atoms with Crippen molar-refractivity contribution in [3.63, 3.8) is 0 Å². The van der Waals surface area contributed by atoms with Gasteiger partial charge in [-0.05, 0) is 38.3 Å². The molecule has 5 nitrogen and oxygen atoms in total. The van der Waals surface area contributed by atoms with Crippen molar-refractivity contribution in [3.8, 4) is 5.75 Å². The van der Waals surface area contributed by atoms with Crippen LogP contribution in [0.3, 0.4) is 0 Å². The summed E-state index contributed by atoms with van der Waals surface area (Å²) in [5.74, 6) is 0.706. The van der Waals surface area contributed by atoms with E-state index in [1.807, 2.05) is 31.2 Å². The molecule has 0 radical (unpaired) electrons. The number of para-hydroxylation sites is 2. The van der Waals surface area contributed by atoms with Gasteiger partial charge in [-0.25, -0.2) is 0 Å². The van der Waals surface area contributed by atoms with Crippen LogP contribution >= 0.6 is 0 Å². The number of piperidine rings is 1. The fraction of sp³-hybridized carbons (Fsp3) is 0.500. The summed E-state index contributed by atoms with van der Waals surface area (Å²) in [5.41, 5.74) is 0.697. The van der Waals surface area contributed by atoms with Gasteiger partial charge in [0.15, 0.2) is 0 Å². The smallest absolute Gasteiger partial charge is 0.250 e. The van der Waals surface area contributed by atoms with Crippen molar-refractivity contribution in [1.82, 2.24) is 4.90 Å². The van der Waals surface area contributed by atoms with Crippen LogP contribution in [-0.4, -0.2) is 42.5 Å². The first kappa shape index (κ1) is 13.9. The monoisotopic (exact) mass is 288 g/mol. The number of carbonyl (C=O) groups is 2. The van der Waals surface area contributed by atoms with Crippen molar-refractivity contribution >= 4 is 17.5 Å². The van der Waals surface area contributed by atoms with Gasteiger partial charge in [0, 0.05) is 6.54 Å². The average molecular weight is 288 g/mol. The molecule has 21 heavy (non-hydrogen) atoms. The number of fused-ring (bicyclic) bond motifs is 1. The Morgan fingerprint density at radius 1 is 1.24 bits per heavy atom. The van der Waals surface area contributed by atoms with Crippen LogP contribution in [0, 0.1) is 0 Å². The van der Waals surface area contributed by atoms with Crippen LogP contribution in [0.15, 0.2) is 24.3 Å². The lowest BCUT2D eigenvalue weighted by atomic mass is 9.98. The summed E-state index contributed by atoms with van der Waals surface area (Å²) in [7, 11) is 0. The number of carbonyl (C=O) groups excluding carboxylic acids is 2. The van der Waals surface area contributed by atoms with Crippen molar-refractivity contribution < 1.29 is 14.3 Å². The van der Waals surface area contributed by atoms with Crippen LogP contribution in [-0.2, 0) is 9.59 Å². The molecule has 5 heteroatoms. The third-order valence-electron chi connectivity index (χ3n) is 4.12. The highest BCUT2D eigenvalue weighted by Crippen LogP contribution is 2.32. The third-order valence-corrected chi connectivity index (χ3v) is 4.12. The molecular formula is C16H20N2O3. The molecule has 1 aromatic rings. The number of anilines is 1. The lowest BCUT2D eigenvalue weighted by Crippen LogP contribution is -2.61. The summed E-state index contributed by atoms with van der Waals surface area (Å²) in [6.07, 6.45) is 2.75. The minimum Gasteiger partial charge on any atom is -0.492 e. The van der Waals surface area contributed by atoms with Gasteiger partial charge in [-0.1, -0.05) is 12.1 Å². The SMILES string of the molecule is CCOc1ccccc1N1CC(=O)N2CCCCC2C1=O. The molecular weight excluding hydrogens is 268 g/mol. The van der Waals surface area contributed by atoms with Crippen LogP contribution in [0.25, 0.3) is 0 Å². The van der Waals surface area contributed by atoms with Gasteiger partial charge in [-0.2, -0.15) is 0 Å². The maximum atomic E-state index is 12.7. The summed E-state index contributed by atoms with van der Waals surface area (Å²) in [6.45, 7) is 3.25. The Morgan fingerprint density at radius 3 is 2.86 bits per heavy atom. The zero-order chi connectivity index (χ0) is 14.8. The Hall–Kier alpha value is -2.04. The number of amides is 2. The fourth-order valence-electron chi connectivity index (χ4n) is 3.13. The van der Waals surface area contributed by atoms with Crippen LogP contribution in [0.4, 0.5) is 5.69 Å². The maximum Gasteiger partial charge on any atom is 0.250 e. The Morgan fingerprint density at radius 2 is 2.05 bits per heavy atom. The number of rotatable bonds is 3. The highest BCUT2D eigenvalue weighted by molar-refractivity contribution is 6.07. The van der Waals surface area contributed by atoms with Crippen molar-refractivity contribution in [2.24, 2.45) is 0 Å². The van der Waals surface area contributed by atoms with Gasteiger partial charge in [0.2, 0.25) is 11.8 Å². The fourth-order valence-corrected chi connectivity index (χ4v) is 3.13. The number of hydrogen-bond acceptors (Lipinski definition) is 3. The van der Waals surface area contributed by atoms with Crippen molar-refractivity contribution in [1.29, 1.82) is 0 Å². The molecule has 0 N–H and O–H groups in total. The normalized spacial score (nSPS) is 22.2. The molecule has 2 fully saturated rings. The lowest BCUT2D eigenvalue weighted by molar-refractivity contribution is -0.144. The second kappa shape index (κ2) is 5.76. The Balaban J connectivity index is 1.92. The zero-order valence-corrected chi connectivity index (χ0v) is 12.2. The van der Waals surface area contributed by atoms with Crippen molar-refractivity contribution in [3.05, 3.63) is 24.3 Å². The molecule has 0 bridgehead atoms. The van der Waals surface area contributed by atoms with Gasteiger partial charge in [0.05, 0.1) is 12.3 Å². The molecule has 2 aliphatic heterocycles. The third kappa shape index (κ3) is 2.48. The molecule has 3 rings (SSSR count). The van der Waals surface area contributed by atoms with E-state index in [1.54, 1.807) is 9.80 Å². The standard InChI is InChI=1S/C16H20N2O3/c1-2-21-14-9-4-3-7-12(14)18-11-15(19)17-10-6-5-8-13(17)16(18)20/h3-4,7,9,13H,2,5-6,8,10-11H2,1H3. The summed E-state index contributed by atoms with van der Waals surface area (Å²) >= 11 is 0. The van der Waals surface area contributed by atoms with Crippen LogP contribution < -0.4 is 9.64 Å². The van der Waals surface area contributed by atoms with E-state index in [4.69, 9.17) is 4.74 Å². The van der Waals surface area contributed by atoms with Crippen molar-refractivity contribution in [2.75, 3.05) is 24.6 Å². The van der Waals surface area contributed by atoms with E-state index >= 15 is 0 Å². The predicted octanol–water partition coefficient (Wildman–Crippen LogP) is 1.81. The molecule has 0 saturated carbocycles. The Kier molecular flexibility index (Phi) is 3.82. The summed E-state index contributed by atoms with van der Waals surface area (Å²) < 4.78 is 5.59. The highest BCUT2D eigenvalue weighted by atomic mass is 16.5. The number of piperazine rings is 1. The average Bonchev–Trinajstić information content (AvgIpc) is 2.52. The van der Waals surface area contributed by atoms with Gasteiger partial charge in [-0.3, -0.25) is 14.5 Å². The quantitative estimate of drug-likeness (QED) is 0.852. The van der Waals surface area contributed by atoms with E-state index in [1.165, 1.54) is 0 Å². The first-order valence-electron chi connectivity index (χ1n) is 7.55. The van der Waals surface area contributed by atoms with Crippen LogP contribution in [0.1, 0.15) is 26.2 Å². The highest BCUT2D eigenvalue weighted by Gasteiger charge is 2.41. The summed E-state index contributed by atoms with van der Waals surface area (Å²) in [5, 5.41) is 0. The second-order valence-electron chi connectivity index (χ2n) is 5.42. The molecule has 2 amide bonds. The Labute approximate surface area is 124 Å². The van der Waals surface area contributed by atoms with Crippen molar-refractivity contribution in [2.45, 2.75) is 32.2 Å². The Bertz CT molecular complexity index is 558. The van der Waals surface area contributed by atoms with E-state index in [0.717, 1.165) is 19.3 Å². The van der Waals surface area contributed by atoms with E-state index in [-0.39, 0.29) is 24.4 Å². The molecule has 1 aromatic carbocycles. The largest absolute Gasteiger partial charge is 0.492 e. The van der Waals surface area contributed by atoms with E-state index in [2.05, 4.69) is 0 Å². The predicted molar refractivity (Wildman–Crippen MR) is 79.3 cm³/mol. The molecule has 1 atom stereocenters. The first-order chi connectivity index (χ1) is 10.2. The van der Waals surface area contributed by atoms with Gasteiger partial charge in [-0.15, -0.1) is 0 Å². The van der Waals surface area contributed by atoms with Gasteiger partial charge >= 0.3 is 0 Å². The maximum absolute atomic E-state index is 12.7. The van der Waals surface area contributed by atoms with Gasteiger partial charge < -0.3 is 9.64 Å². The van der Waals surface area contributed by atoms with E-state index in [0.29, 0.717) is 24.6 Å². The number of nitrogens with zero attached hydrogens (tertiary/aromatic N) is 2.